The van der Waals surface area contributed by atoms with Gasteiger partial charge in [0.1, 0.15) is 18.0 Å². The fourth-order valence-corrected chi connectivity index (χ4v) is 4.09. The van der Waals surface area contributed by atoms with Crippen molar-refractivity contribution in [3.05, 3.63) is 23.7 Å². The Kier molecular flexibility index (Phi) is 5.91. The van der Waals surface area contributed by atoms with Crippen LogP contribution in [0.4, 0.5) is 22.2 Å². The average Bonchev–Trinajstić information content (AvgIpc) is 3.14. The van der Waals surface area contributed by atoms with E-state index in [0.29, 0.717) is 11.6 Å². The number of carbonyl (C=O) groups is 1. The second kappa shape index (κ2) is 8.54. The lowest BCUT2D eigenvalue weighted by molar-refractivity contribution is 0.0967. The standard InChI is InChI=1S/C23H32N8O2/c1-22(2,3)31-19(27-18-13-26-17(12-24)20(25-5)28-18)11-16(30-31)14-6-7-15(10-14)33-21(32)29-23(4)8-9-23/h11,13-15H,6-10H2,1-5H3,(H,29,32)(H2,25,27,28)/t14-,15+/m0/s1. The van der Waals surface area contributed by atoms with Gasteiger partial charge in [-0.25, -0.2) is 19.4 Å². The molecule has 2 aromatic rings. The summed E-state index contributed by atoms with van der Waals surface area (Å²) in [5, 5.41) is 23.2. The molecule has 2 fully saturated rings. The Morgan fingerprint density at radius 1 is 1.33 bits per heavy atom. The highest BCUT2D eigenvalue weighted by Crippen LogP contribution is 2.38. The second-order valence-corrected chi connectivity index (χ2v) is 10.2. The molecule has 176 valence electrons. The van der Waals surface area contributed by atoms with Crippen molar-refractivity contribution in [3.8, 4) is 6.07 Å². The molecular weight excluding hydrogens is 420 g/mol. The van der Waals surface area contributed by atoms with Gasteiger partial charge in [0.25, 0.3) is 0 Å². The molecule has 3 N–H and O–H groups in total. The first kappa shape index (κ1) is 22.8. The van der Waals surface area contributed by atoms with Crippen LogP contribution in [0.2, 0.25) is 0 Å². The molecular formula is C23H32N8O2. The summed E-state index contributed by atoms with van der Waals surface area (Å²) in [6.07, 6.45) is 5.63. The third-order valence-electron chi connectivity index (χ3n) is 6.22. The summed E-state index contributed by atoms with van der Waals surface area (Å²) < 4.78 is 7.62. The van der Waals surface area contributed by atoms with Crippen molar-refractivity contribution in [3.63, 3.8) is 0 Å². The Hall–Kier alpha value is -3.35. The first-order valence-corrected chi connectivity index (χ1v) is 11.4. The molecule has 0 spiro atoms. The third kappa shape index (κ3) is 5.18. The lowest BCUT2D eigenvalue weighted by Gasteiger charge is -2.22. The molecule has 10 nitrogen and oxygen atoms in total. The Balaban J connectivity index is 1.49. The lowest BCUT2D eigenvalue weighted by Crippen LogP contribution is -2.36. The summed E-state index contributed by atoms with van der Waals surface area (Å²) in [7, 11) is 1.70. The molecule has 0 bridgehead atoms. The molecule has 10 heteroatoms. The van der Waals surface area contributed by atoms with Crippen LogP contribution in [0.1, 0.15) is 77.1 Å². The van der Waals surface area contributed by atoms with Crippen molar-refractivity contribution in [2.24, 2.45) is 0 Å². The number of ether oxygens (including phenoxy) is 1. The smallest absolute Gasteiger partial charge is 0.407 e. The van der Waals surface area contributed by atoms with E-state index in [2.05, 4.69) is 46.7 Å². The fraction of sp³-hybridized carbons (Fsp3) is 0.609. The van der Waals surface area contributed by atoms with Crippen LogP contribution in [0.5, 0.6) is 0 Å². The van der Waals surface area contributed by atoms with Crippen molar-refractivity contribution in [2.45, 2.75) is 82.9 Å². The fourth-order valence-electron chi connectivity index (χ4n) is 4.09. The van der Waals surface area contributed by atoms with E-state index >= 15 is 0 Å². The topological polar surface area (TPSA) is 130 Å². The van der Waals surface area contributed by atoms with Gasteiger partial charge in [-0.3, -0.25) is 0 Å². The minimum atomic E-state index is -0.317. The number of alkyl carbamates (subject to hydrolysis) is 1. The zero-order valence-corrected chi connectivity index (χ0v) is 19.9. The maximum atomic E-state index is 12.2. The minimum Gasteiger partial charge on any atom is -0.446 e. The number of anilines is 3. The van der Waals surface area contributed by atoms with E-state index in [1.807, 2.05) is 23.7 Å². The monoisotopic (exact) mass is 452 g/mol. The Bertz CT molecular complexity index is 1080. The maximum Gasteiger partial charge on any atom is 0.407 e. The van der Waals surface area contributed by atoms with Crippen LogP contribution in [0, 0.1) is 11.3 Å². The summed E-state index contributed by atoms with van der Waals surface area (Å²) in [6, 6.07) is 4.06. The van der Waals surface area contributed by atoms with E-state index in [0.717, 1.165) is 43.6 Å². The third-order valence-corrected chi connectivity index (χ3v) is 6.22. The summed E-state index contributed by atoms with van der Waals surface area (Å²) in [5.41, 5.74) is 0.858. The molecule has 0 unspecified atom stereocenters. The van der Waals surface area contributed by atoms with Gasteiger partial charge in [-0.15, -0.1) is 0 Å². The number of hydrogen-bond acceptors (Lipinski definition) is 8. The van der Waals surface area contributed by atoms with Crippen LogP contribution in [-0.2, 0) is 10.3 Å². The number of rotatable bonds is 6. The van der Waals surface area contributed by atoms with Gasteiger partial charge in [0.15, 0.2) is 17.3 Å². The Labute approximate surface area is 194 Å². The van der Waals surface area contributed by atoms with Crippen LogP contribution in [0.15, 0.2) is 12.3 Å². The number of carbonyl (C=O) groups excluding carboxylic acids is 1. The lowest BCUT2D eigenvalue weighted by atomic mass is 10.0. The SMILES string of the molecule is CNc1nc(Nc2cc([C@H]3CC[C@@H](OC(=O)NC4(C)CC4)C3)nn2C(C)(C)C)cnc1C#N. The van der Waals surface area contributed by atoms with Crippen LogP contribution in [0.25, 0.3) is 0 Å². The summed E-state index contributed by atoms with van der Waals surface area (Å²) in [5.74, 6) is 1.94. The Morgan fingerprint density at radius 3 is 2.73 bits per heavy atom. The van der Waals surface area contributed by atoms with Crippen LogP contribution in [0.3, 0.4) is 0 Å². The molecule has 2 saturated carbocycles. The predicted molar refractivity (Wildman–Crippen MR) is 124 cm³/mol. The molecule has 0 aliphatic heterocycles. The van der Waals surface area contributed by atoms with E-state index < -0.39 is 0 Å². The molecule has 4 rings (SSSR count). The van der Waals surface area contributed by atoms with Gasteiger partial charge in [0.2, 0.25) is 0 Å². The van der Waals surface area contributed by atoms with Crippen LogP contribution >= 0.6 is 0 Å². The second-order valence-electron chi connectivity index (χ2n) is 10.2. The Morgan fingerprint density at radius 2 is 2.09 bits per heavy atom. The molecule has 2 aliphatic carbocycles. The quantitative estimate of drug-likeness (QED) is 0.600. The van der Waals surface area contributed by atoms with Crippen molar-refractivity contribution in [2.75, 3.05) is 17.7 Å². The summed E-state index contributed by atoms with van der Waals surface area (Å²) in [4.78, 5) is 20.8. The number of nitrogens with one attached hydrogen (secondary N) is 3. The van der Waals surface area contributed by atoms with Crippen LogP contribution < -0.4 is 16.0 Å². The van der Waals surface area contributed by atoms with Crippen molar-refractivity contribution < 1.29 is 9.53 Å². The normalized spacial score (nSPS) is 21.2. The molecule has 2 heterocycles. The molecule has 0 aromatic carbocycles. The largest absolute Gasteiger partial charge is 0.446 e. The minimum absolute atomic E-state index is 0.0807. The highest BCUT2D eigenvalue weighted by Gasteiger charge is 2.40. The zero-order chi connectivity index (χ0) is 23.8. The zero-order valence-electron chi connectivity index (χ0n) is 19.9. The summed E-state index contributed by atoms with van der Waals surface area (Å²) >= 11 is 0. The van der Waals surface area contributed by atoms with Gasteiger partial charge in [-0.1, -0.05) is 0 Å². The summed E-state index contributed by atoms with van der Waals surface area (Å²) in [6.45, 7) is 8.29. The molecule has 2 aromatic heterocycles. The van der Waals surface area contributed by atoms with E-state index in [1.54, 1.807) is 7.05 Å². The van der Waals surface area contributed by atoms with Crippen molar-refractivity contribution >= 4 is 23.5 Å². The first-order chi connectivity index (χ1) is 15.6. The number of nitrogens with zero attached hydrogens (tertiary/aromatic N) is 5. The maximum absolute atomic E-state index is 12.2. The van der Waals surface area contributed by atoms with E-state index in [9.17, 15) is 10.1 Å². The van der Waals surface area contributed by atoms with E-state index in [1.165, 1.54) is 6.20 Å². The van der Waals surface area contributed by atoms with Gasteiger partial charge < -0.3 is 20.7 Å². The van der Waals surface area contributed by atoms with Crippen LogP contribution in [-0.4, -0.2) is 44.5 Å². The molecule has 33 heavy (non-hydrogen) atoms. The predicted octanol–water partition coefficient (Wildman–Crippen LogP) is 4.00. The number of amides is 1. The van der Waals surface area contributed by atoms with Gasteiger partial charge >= 0.3 is 6.09 Å². The molecule has 2 aliphatic rings. The van der Waals surface area contributed by atoms with Crippen molar-refractivity contribution in [1.82, 2.24) is 25.1 Å². The van der Waals surface area contributed by atoms with Gasteiger partial charge in [0.05, 0.1) is 17.4 Å². The number of hydrogen-bond donors (Lipinski definition) is 3. The van der Waals surface area contributed by atoms with Gasteiger partial charge in [-0.2, -0.15) is 10.4 Å². The average molecular weight is 453 g/mol. The highest BCUT2D eigenvalue weighted by atomic mass is 16.6. The van der Waals surface area contributed by atoms with Gasteiger partial charge in [0, 0.05) is 24.6 Å². The van der Waals surface area contributed by atoms with E-state index in [4.69, 9.17) is 9.84 Å². The molecule has 0 saturated heterocycles. The molecule has 2 atom stereocenters. The van der Waals surface area contributed by atoms with Crippen molar-refractivity contribution in [1.29, 1.82) is 5.26 Å². The highest BCUT2D eigenvalue weighted by molar-refractivity contribution is 5.69. The number of aromatic nitrogens is 4. The first-order valence-electron chi connectivity index (χ1n) is 11.4. The molecule has 0 radical (unpaired) electrons. The van der Waals surface area contributed by atoms with E-state index in [-0.39, 0.29) is 34.9 Å². The number of nitriles is 1. The molecule has 1 amide bonds. The van der Waals surface area contributed by atoms with Gasteiger partial charge in [-0.05, 0) is 59.8 Å².